The predicted octanol–water partition coefficient (Wildman–Crippen LogP) is 1.49. The van der Waals surface area contributed by atoms with E-state index in [0.717, 1.165) is 6.42 Å². The highest BCUT2D eigenvalue weighted by molar-refractivity contribution is 5.10. The van der Waals surface area contributed by atoms with Crippen molar-refractivity contribution in [1.29, 1.82) is 0 Å². The van der Waals surface area contributed by atoms with Crippen LogP contribution in [0.25, 0.3) is 0 Å². The summed E-state index contributed by atoms with van der Waals surface area (Å²) in [5.74, 6) is 0.235. The van der Waals surface area contributed by atoms with Gasteiger partial charge in [-0.1, -0.05) is 26.8 Å². The van der Waals surface area contributed by atoms with Crippen molar-refractivity contribution in [3.63, 3.8) is 0 Å². The average molecular weight is 487 g/mol. The van der Waals surface area contributed by atoms with Gasteiger partial charge in [-0.2, -0.15) is 0 Å². The van der Waals surface area contributed by atoms with E-state index in [1.165, 1.54) is 0 Å². The minimum atomic E-state index is -1.49. The third kappa shape index (κ3) is 5.25. The Labute approximate surface area is 203 Å². The fourth-order valence-corrected chi connectivity index (χ4v) is 7.40. The van der Waals surface area contributed by atoms with Crippen LogP contribution in [0.15, 0.2) is 12.7 Å². The van der Waals surface area contributed by atoms with E-state index in [1.807, 2.05) is 6.92 Å². The van der Waals surface area contributed by atoms with Gasteiger partial charge in [0.15, 0.2) is 6.29 Å². The normalized spacial score (nSPS) is 48.6. The molecule has 0 amide bonds. The van der Waals surface area contributed by atoms with Gasteiger partial charge in [-0.05, 0) is 75.0 Å². The molecule has 0 bridgehead atoms. The molecule has 8 heteroatoms. The lowest BCUT2D eigenvalue weighted by molar-refractivity contribution is -0.322. The second-order valence-corrected chi connectivity index (χ2v) is 12.5. The first-order valence-corrected chi connectivity index (χ1v) is 12.6. The molecule has 0 spiro atoms. The topological polar surface area (TPSA) is 140 Å². The highest BCUT2D eigenvalue weighted by Gasteiger charge is 2.60. The molecule has 3 aliphatic rings. The Hall–Kier alpha value is -0.580. The van der Waals surface area contributed by atoms with E-state index in [0.29, 0.717) is 38.0 Å². The number of aliphatic hydroxyl groups is 6. The van der Waals surface area contributed by atoms with Crippen molar-refractivity contribution in [3.05, 3.63) is 12.7 Å². The number of rotatable bonds is 7. The number of fused-ring (bicyclic) bond motifs is 1. The Kier molecular flexibility index (Phi) is 7.99. The highest BCUT2D eigenvalue weighted by atomic mass is 16.7. The summed E-state index contributed by atoms with van der Waals surface area (Å²) in [5, 5.41) is 62.3. The van der Waals surface area contributed by atoms with Crippen molar-refractivity contribution in [1.82, 2.24) is 0 Å². The lowest BCUT2D eigenvalue weighted by atomic mass is 9.44. The van der Waals surface area contributed by atoms with Crippen LogP contribution in [-0.2, 0) is 9.47 Å². The molecule has 34 heavy (non-hydrogen) atoms. The van der Waals surface area contributed by atoms with Crippen molar-refractivity contribution in [3.8, 4) is 0 Å². The van der Waals surface area contributed by atoms with Crippen molar-refractivity contribution in [2.75, 3.05) is 6.61 Å². The minimum absolute atomic E-state index is 0.0920. The maximum atomic E-state index is 11.5. The molecule has 1 heterocycles. The zero-order valence-corrected chi connectivity index (χ0v) is 21.4. The first-order valence-electron chi connectivity index (χ1n) is 12.6. The van der Waals surface area contributed by atoms with Gasteiger partial charge in [-0.25, -0.2) is 0 Å². The van der Waals surface area contributed by atoms with E-state index in [1.54, 1.807) is 13.0 Å². The molecular weight excluding hydrogens is 440 g/mol. The molecule has 0 aromatic carbocycles. The predicted molar refractivity (Wildman–Crippen MR) is 127 cm³/mol. The molecular formula is C26H46O8. The summed E-state index contributed by atoms with van der Waals surface area (Å²) in [4.78, 5) is 0. The molecule has 1 aliphatic heterocycles. The standard InChI is InChI=1S/C26H46O8/c1-7-24(4,31)10-8-18-25(5)13-15(12-23(2,3)17(25)9-11-26(18,6)32)33-22-21(30)20(29)19(28)16(14-27)34-22/h7,15-22,27-32H,1,8-14H2,2-6H3/t15-,16+,17-,18+,19+,20-,21+,22+,24-,25-,26+/m0/s1. The van der Waals surface area contributed by atoms with Crippen molar-refractivity contribution >= 4 is 0 Å². The first kappa shape index (κ1) is 28.0. The quantitative estimate of drug-likeness (QED) is 0.235. The highest BCUT2D eigenvalue weighted by Crippen LogP contribution is 2.63. The van der Waals surface area contributed by atoms with Gasteiger partial charge in [0.2, 0.25) is 0 Å². The Morgan fingerprint density at radius 2 is 1.74 bits per heavy atom. The molecule has 1 saturated heterocycles. The van der Waals surface area contributed by atoms with Crippen LogP contribution in [0.3, 0.4) is 0 Å². The van der Waals surface area contributed by atoms with E-state index in [9.17, 15) is 30.6 Å². The summed E-state index contributed by atoms with van der Waals surface area (Å²) < 4.78 is 11.8. The maximum absolute atomic E-state index is 11.5. The zero-order chi connectivity index (χ0) is 25.7. The molecule has 0 radical (unpaired) electrons. The van der Waals surface area contributed by atoms with Crippen molar-refractivity contribution in [2.24, 2.45) is 22.7 Å². The molecule has 8 nitrogen and oxygen atoms in total. The molecule has 11 atom stereocenters. The van der Waals surface area contributed by atoms with Gasteiger partial charge in [0.05, 0.1) is 23.9 Å². The van der Waals surface area contributed by atoms with Crippen LogP contribution in [0.2, 0.25) is 0 Å². The first-order chi connectivity index (χ1) is 15.6. The molecule has 0 aromatic heterocycles. The third-order valence-electron chi connectivity index (χ3n) is 9.20. The molecule has 198 valence electrons. The Balaban J connectivity index is 1.86. The smallest absolute Gasteiger partial charge is 0.186 e. The van der Waals surface area contributed by atoms with Crippen LogP contribution < -0.4 is 0 Å². The molecule has 3 rings (SSSR count). The average Bonchev–Trinajstić information content (AvgIpc) is 2.72. The molecule has 2 aliphatic carbocycles. The van der Waals surface area contributed by atoms with Gasteiger partial charge < -0.3 is 40.1 Å². The monoisotopic (exact) mass is 486 g/mol. The molecule has 0 unspecified atom stereocenters. The Morgan fingerprint density at radius 3 is 2.32 bits per heavy atom. The second-order valence-electron chi connectivity index (χ2n) is 12.5. The summed E-state index contributed by atoms with van der Waals surface area (Å²) in [7, 11) is 0. The van der Waals surface area contributed by atoms with Gasteiger partial charge in [0, 0.05) is 0 Å². The summed E-state index contributed by atoms with van der Waals surface area (Å²) in [5.41, 5.74) is -2.35. The van der Waals surface area contributed by atoms with Gasteiger partial charge in [0.1, 0.15) is 24.4 Å². The molecule has 2 saturated carbocycles. The fraction of sp³-hybridized carbons (Fsp3) is 0.923. The van der Waals surface area contributed by atoms with E-state index in [4.69, 9.17) is 9.47 Å². The van der Waals surface area contributed by atoms with Gasteiger partial charge in [-0.15, -0.1) is 6.58 Å². The summed E-state index contributed by atoms with van der Waals surface area (Å²) in [6.45, 7) is 13.5. The fourth-order valence-electron chi connectivity index (χ4n) is 7.40. The number of hydrogen-bond acceptors (Lipinski definition) is 8. The maximum Gasteiger partial charge on any atom is 0.186 e. The van der Waals surface area contributed by atoms with E-state index in [-0.39, 0.29) is 22.9 Å². The van der Waals surface area contributed by atoms with Crippen molar-refractivity contribution in [2.45, 2.75) is 121 Å². The van der Waals surface area contributed by atoms with E-state index < -0.39 is 48.5 Å². The van der Waals surface area contributed by atoms with Gasteiger partial charge in [-0.3, -0.25) is 0 Å². The van der Waals surface area contributed by atoms with Gasteiger partial charge >= 0.3 is 0 Å². The van der Waals surface area contributed by atoms with E-state index >= 15 is 0 Å². The largest absolute Gasteiger partial charge is 0.394 e. The van der Waals surface area contributed by atoms with Crippen LogP contribution >= 0.6 is 0 Å². The number of ether oxygens (including phenoxy) is 2. The SMILES string of the molecule is C=C[C@](C)(O)CC[C@@H]1[C@@]2(C)C[C@@H](O[C@@H]3O[C@H](CO)[C@@H](O)[C@H](O)[C@H]3O)CC(C)(C)[C@@H]2CC[C@@]1(C)O. The van der Waals surface area contributed by atoms with Crippen molar-refractivity contribution < 1.29 is 40.1 Å². The second kappa shape index (κ2) is 9.71. The van der Waals surface area contributed by atoms with Gasteiger partial charge in [0.25, 0.3) is 0 Å². The van der Waals surface area contributed by atoms with Crippen LogP contribution in [0, 0.1) is 22.7 Å². The van der Waals surface area contributed by atoms with E-state index in [2.05, 4.69) is 27.4 Å². The lowest BCUT2D eigenvalue weighted by Gasteiger charge is -2.63. The molecule has 3 fully saturated rings. The summed E-state index contributed by atoms with van der Waals surface area (Å²) in [6.07, 6.45) is -1.33. The van der Waals surface area contributed by atoms with Crippen LogP contribution in [-0.4, -0.2) is 85.3 Å². The lowest BCUT2D eigenvalue weighted by Crippen LogP contribution is -2.62. The van der Waals surface area contributed by atoms with Crippen LogP contribution in [0.4, 0.5) is 0 Å². The Morgan fingerprint density at radius 1 is 1.09 bits per heavy atom. The van der Waals surface area contributed by atoms with Crippen LogP contribution in [0.1, 0.15) is 73.1 Å². The Bertz CT molecular complexity index is 720. The minimum Gasteiger partial charge on any atom is -0.394 e. The number of hydrogen-bond donors (Lipinski definition) is 6. The number of aliphatic hydroxyl groups excluding tert-OH is 4. The summed E-state index contributed by atoms with van der Waals surface area (Å²) in [6, 6.07) is 0. The summed E-state index contributed by atoms with van der Waals surface area (Å²) >= 11 is 0. The third-order valence-corrected chi connectivity index (χ3v) is 9.20. The molecule has 6 N–H and O–H groups in total. The van der Waals surface area contributed by atoms with Crippen LogP contribution in [0.5, 0.6) is 0 Å². The molecule has 0 aromatic rings. The zero-order valence-electron chi connectivity index (χ0n) is 21.4.